The summed E-state index contributed by atoms with van der Waals surface area (Å²) in [6.07, 6.45) is 0. The minimum Gasteiger partial charge on any atom is -0.384 e. The predicted octanol–water partition coefficient (Wildman–Crippen LogP) is 1.58. The van der Waals surface area contributed by atoms with Crippen molar-refractivity contribution in [1.82, 2.24) is 0 Å². The van der Waals surface area contributed by atoms with Crippen molar-refractivity contribution in [2.45, 2.75) is 13.5 Å². The van der Waals surface area contributed by atoms with Gasteiger partial charge in [-0.25, -0.2) is 0 Å². The van der Waals surface area contributed by atoms with Crippen LogP contribution in [0.4, 0.5) is 0 Å². The van der Waals surface area contributed by atoms with Crippen molar-refractivity contribution in [3.05, 3.63) is 34.9 Å². The normalized spacial score (nSPS) is 8.43. The summed E-state index contributed by atoms with van der Waals surface area (Å²) in [7, 11) is 0. The van der Waals surface area contributed by atoms with Crippen molar-refractivity contribution in [3.8, 4) is 0 Å². The fraction of sp³-hybridized carbons (Fsp3) is 0.222. The first-order chi connectivity index (χ1) is 5.65. The maximum Gasteiger partial charge on any atom is 0.122 e. The number of nitrogens with one attached hydrogen (secondary N) is 1. The molecule has 14 heavy (non-hydrogen) atoms. The molecule has 0 unspecified atom stereocenters. The van der Waals surface area contributed by atoms with E-state index in [0.29, 0.717) is 6.54 Å². The number of amidine groups is 1. The van der Waals surface area contributed by atoms with Gasteiger partial charge in [-0.05, 0) is 24.1 Å². The molecule has 5 heteroatoms. The summed E-state index contributed by atoms with van der Waals surface area (Å²) >= 11 is 0. The minimum absolute atomic E-state index is 0. The summed E-state index contributed by atoms with van der Waals surface area (Å²) in [4.78, 5) is 0. The second kappa shape index (κ2) is 6.65. The summed E-state index contributed by atoms with van der Waals surface area (Å²) in [5.74, 6) is 0.0988. The van der Waals surface area contributed by atoms with Gasteiger partial charge in [-0.2, -0.15) is 0 Å². The van der Waals surface area contributed by atoms with Crippen LogP contribution in [-0.4, -0.2) is 5.84 Å². The van der Waals surface area contributed by atoms with Crippen LogP contribution in [0, 0.1) is 12.3 Å². The maximum atomic E-state index is 7.21. The quantitative estimate of drug-likeness (QED) is 0.538. The zero-order valence-electron chi connectivity index (χ0n) is 7.91. The number of rotatable bonds is 2. The van der Waals surface area contributed by atoms with E-state index in [0.717, 1.165) is 16.7 Å². The SMILES string of the molecule is Cc1cc(C(=N)N)ccc1CN.Cl.Cl. The van der Waals surface area contributed by atoms with E-state index in [-0.39, 0.29) is 30.6 Å². The highest BCUT2D eigenvalue weighted by Crippen LogP contribution is 2.09. The Morgan fingerprint density at radius 3 is 2.29 bits per heavy atom. The van der Waals surface area contributed by atoms with Crippen LogP contribution in [-0.2, 0) is 6.54 Å². The lowest BCUT2D eigenvalue weighted by atomic mass is 10.0. The van der Waals surface area contributed by atoms with Crippen LogP contribution >= 0.6 is 24.8 Å². The third-order valence-corrected chi connectivity index (χ3v) is 1.87. The molecule has 0 saturated carbocycles. The first kappa shape index (κ1) is 15.7. The van der Waals surface area contributed by atoms with Crippen molar-refractivity contribution in [1.29, 1.82) is 5.41 Å². The number of benzene rings is 1. The summed E-state index contributed by atoms with van der Waals surface area (Å²) in [6.45, 7) is 2.50. The lowest BCUT2D eigenvalue weighted by molar-refractivity contribution is 1.05. The maximum absolute atomic E-state index is 7.21. The zero-order chi connectivity index (χ0) is 9.14. The van der Waals surface area contributed by atoms with Crippen molar-refractivity contribution in [3.63, 3.8) is 0 Å². The molecule has 0 aliphatic carbocycles. The second-order valence-corrected chi connectivity index (χ2v) is 2.76. The highest BCUT2D eigenvalue weighted by atomic mass is 35.5. The third-order valence-electron chi connectivity index (χ3n) is 1.87. The molecule has 0 bridgehead atoms. The molecule has 0 heterocycles. The molecule has 3 nitrogen and oxygen atoms in total. The Bertz CT molecular complexity index is 313. The number of hydrogen-bond acceptors (Lipinski definition) is 2. The van der Waals surface area contributed by atoms with E-state index in [1.165, 1.54) is 0 Å². The fourth-order valence-electron chi connectivity index (χ4n) is 1.09. The molecule has 0 amide bonds. The lowest BCUT2D eigenvalue weighted by Crippen LogP contribution is -2.11. The number of nitrogen functional groups attached to an aromatic ring is 1. The highest BCUT2D eigenvalue weighted by Gasteiger charge is 1.99. The molecule has 0 fully saturated rings. The molecule has 0 aliphatic rings. The Labute approximate surface area is 96.2 Å². The zero-order valence-corrected chi connectivity index (χ0v) is 9.54. The number of halogens is 2. The summed E-state index contributed by atoms with van der Waals surface area (Å²) in [5, 5.41) is 7.21. The average Bonchev–Trinajstić information content (AvgIpc) is 2.04. The molecule has 0 saturated heterocycles. The molecule has 5 N–H and O–H groups in total. The van der Waals surface area contributed by atoms with Crippen LogP contribution in [0.1, 0.15) is 16.7 Å². The largest absolute Gasteiger partial charge is 0.384 e. The number of nitrogens with two attached hydrogens (primary N) is 2. The van der Waals surface area contributed by atoms with Gasteiger partial charge in [0.15, 0.2) is 0 Å². The van der Waals surface area contributed by atoms with Gasteiger partial charge in [0.1, 0.15) is 5.84 Å². The van der Waals surface area contributed by atoms with Gasteiger partial charge in [-0.1, -0.05) is 12.1 Å². The minimum atomic E-state index is 0. The van der Waals surface area contributed by atoms with E-state index < -0.39 is 0 Å². The Hall–Kier alpha value is -0.770. The average molecular weight is 236 g/mol. The molecule has 0 spiro atoms. The van der Waals surface area contributed by atoms with Gasteiger partial charge < -0.3 is 11.5 Å². The van der Waals surface area contributed by atoms with E-state index in [9.17, 15) is 0 Å². The Kier molecular flexibility index (Phi) is 7.45. The van der Waals surface area contributed by atoms with Crippen molar-refractivity contribution in [2.24, 2.45) is 11.5 Å². The number of hydrogen-bond donors (Lipinski definition) is 3. The summed E-state index contributed by atoms with van der Waals surface area (Å²) in [6, 6.07) is 5.61. The van der Waals surface area contributed by atoms with Crippen LogP contribution in [0.3, 0.4) is 0 Å². The Morgan fingerprint density at radius 2 is 1.93 bits per heavy atom. The van der Waals surface area contributed by atoms with E-state index in [2.05, 4.69) is 0 Å². The van der Waals surface area contributed by atoms with Gasteiger partial charge in [0.2, 0.25) is 0 Å². The van der Waals surface area contributed by atoms with Gasteiger partial charge in [-0.3, -0.25) is 5.41 Å². The van der Waals surface area contributed by atoms with Crippen LogP contribution in [0.5, 0.6) is 0 Å². The monoisotopic (exact) mass is 235 g/mol. The molecule has 0 radical (unpaired) electrons. The topological polar surface area (TPSA) is 75.9 Å². The van der Waals surface area contributed by atoms with Crippen molar-refractivity contribution >= 4 is 30.6 Å². The van der Waals surface area contributed by atoms with Crippen LogP contribution in [0.2, 0.25) is 0 Å². The Morgan fingerprint density at radius 1 is 1.36 bits per heavy atom. The molecule has 0 aliphatic heterocycles. The molecule has 80 valence electrons. The first-order valence-electron chi connectivity index (χ1n) is 3.79. The first-order valence-corrected chi connectivity index (χ1v) is 3.79. The highest BCUT2D eigenvalue weighted by molar-refractivity contribution is 5.95. The van der Waals surface area contributed by atoms with Gasteiger partial charge in [0, 0.05) is 12.1 Å². The van der Waals surface area contributed by atoms with E-state index in [1.54, 1.807) is 0 Å². The van der Waals surface area contributed by atoms with Gasteiger partial charge in [0.25, 0.3) is 0 Å². The second-order valence-electron chi connectivity index (χ2n) is 2.76. The lowest BCUT2D eigenvalue weighted by Gasteiger charge is -2.04. The Balaban J connectivity index is 0. The number of aryl methyl sites for hydroxylation is 1. The molecule has 0 atom stereocenters. The van der Waals surface area contributed by atoms with E-state index in [4.69, 9.17) is 16.9 Å². The summed E-state index contributed by atoms with van der Waals surface area (Å²) in [5.41, 5.74) is 13.8. The molecule has 1 rings (SSSR count). The third kappa shape index (κ3) is 3.54. The smallest absolute Gasteiger partial charge is 0.122 e. The van der Waals surface area contributed by atoms with Gasteiger partial charge in [-0.15, -0.1) is 24.8 Å². The van der Waals surface area contributed by atoms with Crippen LogP contribution < -0.4 is 11.5 Å². The fourth-order valence-corrected chi connectivity index (χ4v) is 1.09. The predicted molar refractivity (Wildman–Crippen MR) is 64.6 cm³/mol. The van der Waals surface area contributed by atoms with E-state index >= 15 is 0 Å². The van der Waals surface area contributed by atoms with E-state index in [1.807, 2.05) is 25.1 Å². The summed E-state index contributed by atoms with van der Waals surface area (Å²) < 4.78 is 0. The van der Waals surface area contributed by atoms with Crippen LogP contribution in [0.15, 0.2) is 18.2 Å². The van der Waals surface area contributed by atoms with Crippen LogP contribution in [0.25, 0.3) is 0 Å². The standard InChI is InChI=1S/C9H13N3.2ClH/c1-6-4-7(9(11)12)2-3-8(6)5-10;;/h2-4H,5,10H2,1H3,(H3,11,12);2*1H. The van der Waals surface area contributed by atoms with Gasteiger partial charge >= 0.3 is 0 Å². The van der Waals surface area contributed by atoms with Crippen molar-refractivity contribution in [2.75, 3.05) is 0 Å². The molecule has 1 aromatic carbocycles. The van der Waals surface area contributed by atoms with Gasteiger partial charge in [0.05, 0.1) is 0 Å². The molecular weight excluding hydrogens is 221 g/mol. The van der Waals surface area contributed by atoms with Crippen molar-refractivity contribution < 1.29 is 0 Å². The molecular formula is C9H15Cl2N3. The molecule has 0 aromatic heterocycles. The molecule has 1 aromatic rings.